The molecule has 1 N–H and O–H groups in total. The number of fused-ring (bicyclic) bond motifs is 3. The van der Waals surface area contributed by atoms with Gasteiger partial charge in [0, 0.05) is 12.3 Å². The number of amides is 1. The Kier molecular flexibility index (Phi) is 6.18. The molecule has 0 saturated heterocycles. The zero-order valence-corrected chi connectivity index (χ0v) is 17.6. The van der Waals surface area contributed by atoms with Crippen LogP contribution in [0.2, 0.25) is 0 Å². The zero-order valence-electron chi connectivity index (χ0n) is 17.6. The summed E-state index contributed by atoms with van der Waals surface area (Å²) < 4.78 is 10.4. The third kappa shape index (κ3) is 4.33. The standard InChI is InChI=1S/C26H22N2O4/c1-31-25(29)24(14-17-10-12-18(15-27)13-11-17)28-26(30)32-16-23-21-8-4-2-6-19(21)20-7-3-5-9-22(20)23/h2-13,23-24H,14,16H2,1H3,(H,28,30). The lowest BCUT2D eigenvalue weighted by molar-refractivity contribution is -0.143. The number of carbonyl (C=O) groups is 2. The summed E-state index contributed by atoms with van der Waals surface area (Å²) in [5.41, 5.74) is 5.83. The summed E-state index contributed by atoms with van der Waals surface area (Å²) in [4.78, 5) is 24.8. The Hall–Kier alpha value is -4.11. The Morgan fingerprint density at radius 2 is 1.56 bits per heavy atom. The van der Waals surface area contributed by atoms with E-state index in [1.54, 1.807) is 24.3 Å². The number of nitrogens with one attached hydrogen (secondary N) is 1. The largest absolute Gasteiger partial charge is 0.467 e. The van der Waals surface area contributed by atoms with Gasteiger partial charge in [-0.1, -0.05) is 60.7 Å². The first-order valence-electron chi connectivity index (χ1n) is 10.3. The third-order valence-corrected chi connectivity index (χ3v) is 5.64. The maximum absolute atomic E-state index is 12.6. The topological polar surface area (TPSA) is 88.4 Å². The van der Waals surface area contributed by atoms with Crippen molar-refractivity contribution >= 4 is 12.1 Å². The number of hydrogen-bond donors (Lipinski definition) is 1. The molecule has 3 aromatic rings. The van der Waals surface area contributed by atoms with Gasteiger partial charge in [0.25, 0.3) is 0 Å². The van der Waals surface area contributed by atoms with E-state index in [0.717, 1.165) is 27.8 Å². The lowest BCUT2D eigenvalue weighted by atomic mass is 9.98. The van der Waals surface area contributed by atoms with Crippen molar-refractivity contribution in [1.29, 1.82) is 5.26 Å². The second kappa shape index (κ2) is 9.36. The van der Waals surface area contributed by atoms with Crippen molar-refractivity contribution in [1.82, 2.24) is 5.32 Å². The monoisotopic (exact) mass is 426 g/mol. The van der Waals surface area contributed by atoms with E-state index < -0.39 is 18.1 Å². The van der Waals surface area contributed by atoms with Gasteiger partial charge >= 0.3 is 12.1 Å². The molecular formula is C26H22N2O4. The number of ether oxygens (including phenoxy) is 2. The molecule has 6 nitrogen and oxygen atoms in total. The molecule has 4 rings (SSSR count). The molecule has 1 aliphatic carbocycles. The predicted octanol–water partition coefficient (Wildman–Crippen LogP) is 4.18. The first-order valence-corrected chi connectivity index (χ1v) is 10.3. The Balaban J connectivity index is 1.43. The van der Waals surface area contributed by atoms with Gasteiger partial charge in [-0.15, -0.1) is 0 Å². The lowest BCUT2D eigenvalue weighted by Gasteiger charge is -2.18. The van der Waals surface area contributed by atoms with E-state index in [0.29, 0.717) is 5.56 Å². The van der Waals surface area contributed by atoms with E-state index in [2.05, 4.69) is 17.4 Å². The molecule has 1 aliphatic rings. The van der Waals surface area contributed by atoms with Crippen LogP contribution in [0.15, 0.2) is 72.8 Å². The number of carbonyl (C=O) groups excluding carboxylic acids is 2. The van der Waals surface area contributed by atoms with E-state index in [-0.39, 0.29) is 18.9 Å². The molecule has 160 valence electrons. The van der Waals surface area contributed by atoms with Gasteiger partial charge in [0.15, 0.2) is 0 Å². The summed E-state index contributed by atoms with van der Waals surface area (Å²) in [6.45, 7) is 0.157. The van der Waals surface area contributed by atoms with Gasteiger partial charge in [-0.2, -0.15) is 5.26 Å². The van der Waals surface area contributed by atoms with Gasteiger partial charge in [0.1, 0.15) is 12.6 Å². The van der Waals surface area contributed by atoms with E-state index in [1.807, 2.05) is 42.5 Å². The molecule has 6 heteroatoms. The van der Waals surface area contributed by atoms with Crippen LogP contribution >= 0.6 is 0 Å². The van der Waals surface area contributed by atoms with Crippen LogP contribution in [-0.4, -0.2) is 31.8 Å². The second-order valence-electron chi connectivity index (χ2n) is 7.56. The predicted molar refractivity (Wildman–Crippen MR) is 119 cm³/mol. The van der Waals surface area contributed by atoms with Crippen LogP contribution in [0, 0.1) is 11.3 Å². The van der Waals surface area contributed by atoms with Gasteiger partial charge in [-0.05, 0) is 39.9 Å². The minimum Gasteiger partial charge on any atom is -0.467 e. The van der Waals surface area contributed by atoms with Gasteiger partial charge in [0.05, 0.1) is 18.7 Å². The van der Waals surface area contributed by atoms with E-state index in [9.17, 15) is 9.59 Å². The minimum absolute atomic E-state index is 0.0664. The van der Waals surface area contributed by atoms with Crippen LogP contribution < -0.4 is 5.32 Å². The summed E-state index contributed by atoms with van der Waals surface area (Å²) in [5.74, 6) is -0.633. The van der Waals surface area contributed by atoms with Crippen LogP contribution in [0.5, 0.6) is 0 Å². The fourth-order valence-electron chi connectivity index (χ4n) is 4.07. The number of hydrogen-bond acceptors (Lipinski definition) is 5. The van der Waals surface area contributed by atoms with Crippen molar-refractivity contribution in [2.75, 3.05) is 13.7 Å². The first-order chi connectivity index (χ1) is 15.6. The highest BCUT2D eigenvalue weighted by molar-refractivity contribution is 5.82. The molecule has 0 heterocycles. The van der Waals surface area contributed by atoms with Crippen LogP contribution in [0.25, 0.3) is 11.1 Å². The molecule has 3 aromatic carbocycles. The highest BCUT2D eigenvalue weighted by atomic mass is 16.6. The fourth-order valence-corrected chi connectivity index (χ4v) is 4.07. The lowest BCUT2D eigenvalue weighted by Crippen LogP contribution is -2.43. The minimum atomic E-state index is -0.899. The number of nitriles is 1. The van der Waals surface area contributed by atoms with Crippen molar-refractivity contribution in [2.45, 2.75) is 18.4 Å². The van der Waals surface area contributed by atoms with Gasteiger partial charge in [0.2, 0.25) is 0 Å². The van der Waals surface area contributed by atoms with E-state index in [4.69, 9.17) is 14.7 Å². The zero-order chi connectivity index (χ0) is 22.5. The molecule has 0 aromatic heterocycles. The molecular weight excluding hydrogens is 404 g/mol. The van der Waals surface area contributed by atoms with Crippen LogP contribution in [0.3, 0.4) is 0 Å². The number of nitrogens with zero attached hydrogens (tertiary/aromatic N) is 1. The molecule has 0 radical (unpaired) electrons. The van der Waals surface area contributed by atoms with Crippen molar-refractivity contribution in [2.24, 2.45) is 0 Å². The molecule has 1 amide bonds. The van der Waals surface area contributed by atoms with Crippen molar-refractivity contribution < 1.29 is 19.1 Å². The molecule has 0 saturated carbocycles. The Morgan fingerprint density at radius 3 is 2.12 bits per heavy atom. The maximum Gasteiger partial charge on any atom is 0.407 e. The molecule has 0 aliphatic heterocycles. The van der Waals surface area contributed by atoms with Crippen molar-refractivity contribution in [3.05, 3.63) is 95.1 Å². The fraction of sp³-hybridized carbons (Fsp3) is 0.192. The van der Waals surface area contributed by atoms with Gasteiger partial charge < -0.3 is 14.8 Å². The molecule has 0 bridgehead atoms. The SMILES string of the molecule is COC(=O)C(Cc1ccc(C#N)cc1)NC(=O)OCC1c2ccccc2-c2ccccc21. The van der Waals surface area contributed by atoms with E-state index >= 15 is 0 Å². The van der Waals surface area contributed by atoms with Crippen LogP contribution in [-0.2, 0) is 20.7 Å². The molecule has 0 fully saturated rings. The highest BCUT2D eigenvalue weighted by Crippen LogP contribution is 2.44. The molecule has 32 heavy (non-hydrogen) atoms. The van der Waals surface area contributed by atoms with E-state index in [1.165, 1.54) is 7.11 Å². The summed E-state index contributed by atoms with van der Waals surface area (Å²) in [6.07, 6.45) is -0.460. The Labute approximate surface area is 186 Å². The van der Waals surface area contributed by atoms with Gasteiger partial charge in [-0.3, -0.25) is 0 Å². The Bertz CT molecular complexity index is 1140. The third-order valence-electron chi connectivity index (χ3n) is 5.64. The first kappa shape index (κ1) is 21.1. The number of benzene rings is 3. The molecule has 1 unspecified atom stereocenters. The summed E-state index contributed by atoms with van der Waals surface area (Å²) >= 11 is 0. The summed E-state index contributed by atoms with van der Waals surface area (Å²) in [6, 6.07) is 24.1. The summed E-state index contributed by atoms with van der Waals surface area (Å²) in [7, 11) is 1.27. The van der Waals surface area contributed by atoms with Crippen molar-refractivity contribution in [3.8, 4) is 17.2 Å². The van der Waals surface area contributed by atoms with Crippen molar-refractivity contribution in [3.63, 3.8) is 0 Å². The quantitative estimate of drug-likeness (QED) is 0.598. The van der Waals surface area contributed by atoms with Crippen LogP contribution in [0.4, 0.5) is 4.79 Å². The average molecular weight is 426 g/mol. The number of alkyl carbamates (subject to hydrolysis) is 1. The normalized spacial score (nSPS) is 12.8. The second-order valence-corrected chi connectivity index (χ2v) is 7.56. The Morgan fingerprint density at radius 1 is 0.969 bits per heavy atom. The number of esters is 1. The van der Waals surface area contributed by atoms with Gasteiger partial charge in [-0.25, -0.2) is 9.59 Å². The molecule has 1 atom stereocenters. The van der Waals surface area contributed by atoms with Crippen LogP contribution in [0.1, 0.15) is 28.2 Å². The average Bonchev–Trinajstić information content (AvgIpc) is 3.16. The maximum atomic E-state index is 12.6. The number of rotatable bonds is 6. The highest BCUT2D eigenvalue weighted by Gasteiger charge is 2.30. The molecule has 0 spiro atoms. The smallest absolute Gasteiger partial charge is 0.407 e. The summed E-state index contributed by atoms with van der Waals surface area (Å²) in [5, 5.41) is 11.5. The number of methoxy groups -OCH3 is 1.